The van der Waals surface area contributed by atoms with Crippen molar-refractivity contribution in [2.75, 3.05) is 41.7 Å². The fourth-order valence-electron chi connectivity index (χ4n) is 4.98. The van der Waals surface area contributed by atoms with E-state index >= 15 is 0 Å². The van der Waals surface area contributed by atoms with Crippen LogP contribution in [0.2, 0.25) is 5.02 Å². The molecule has 2 aromatic heterocycles. The lowest BCUT2D eigenvalue weighted by molar-refractivity contribution is -0.137. The molecule has 1 aliphatic rings. The Morgan fingerprint density at radius 3 is 2.27 bits per heavy atom. The molecule has 2 aromatic carbocycles. The van der Waals surface area contributed by atoms with Gasteiger partial charge in [0.15, 0.2) is 0 Å². The minimum atomic E-state index is -1.08. The van der Waals surface area contributed by atoms with Crippen LogP contribution in [0.25, 0.3) is 0 Å². The van der Waals surface area contributed by atoms with Crippen LogP contribution in [0.3, 0.4) is 0 Å². The highest BCUT2D eigenvalue weighted by atomic mass is 35.5. The number of halogens is 1. The second-order valence-electron chi connectivity index (χ2n) is 10.3. The van der Waals surface area contributed by atoms with Crippen LogP contribution >= 0.6 is 11.6 Å². The van der Waals surface area contributed by atoms with Crippen LogP contribution in [0, 0.1) is 0 Å². The Balaban J connectivity index is 1.37. The zero-order valence-corrected chi connectivity index (χ0v) is 24.8. The quantitative estimate of drug-likeness (QED) is 0.208. The molecule has 4 N–H and O–H groups in total. The molecule has 45 heavy (non-hydrogen) atoms. The van der Waals surface area contributed by atoms with Gasteiger partial charge < -0.3 is 30.9 Å². The Bertz CT molecular complexity index is 1680. The molecular weight excluding hydrogens is 598 g/mol. The van der Waals surface area contributed by atoms with Crippen molar-refractivity contribution in [2.24, 2.45) is 0 Å². The fraction of sp³-hybridized carbons (Fsp3) is 0.188. The number of piperazine rings is 1. The van der Waals surface area contributed by atoms with E-state index < -0.39 is 23.9 Å². The second-order valence-corrected chi connectivity index (χ2v) is 10.7. The maximum Gasteiger partial charge on any atom is 0.323 e. The van der Waals surface area contributed by atoms with Gasteiger partial charge in [0.25, 0.3) is 11.8 Å². The zero-order chi connectivity index (χ0) is 31.8. The van der Waals surface area contributed by atoms with Gasteiger partial charge in [0, 0.05) is 67.2 Å². The maximum atomic E-state index is 13.4. The van der Waals surface area contributed by atoms with Crippen molar-refractivity contribution in [3.8, 4) is 0 Å². The lowest BCUT2D eigenvalue weighted by atomic mass is 10.0. The van der Waals surface area contributed by atoms with Gasteiger partial charge in [-0.05, 0) is 60.2 Å². The van der Waals surface area contributed by atoms with Gasteiger partial charge in [0.2, 0.25) is 0 Å². The van der Waals surface area contributed by atoms with E-state index in [4.69, 9.17) is 11.6 Å². The van der Waals surface area contributed by atoms with E-state index in [1.807, 2.05) is 4.90 Å². The summed E-state index contributed by atoms with van der Waals surface area (Å²) >= 11 is 6.07. The zero-order valence-electron chi connectivity index (χ0n) is 24.0. The minimum Gasteiger partial charge on any atom is -0.481 e. The lowest BCUT2D eigenvalue weighted by Crippen LogP contribution is -2.49. The van der Waals surface area contributed by atoms with Crippen LogP contribution in [-0.2, 0) is 4.79 Å². The number of urea groups is 1. The van der Waals surface area contributed by atoms with Crippen molar-refractivity contribution in [3.05, 3.63) is 113 Å². The number of nitrogens with zero attached hydrogens (tertiary/aromatic N) is 4. The number of pyridine rings is 2. The van der Waals surface area contributed by atoms with Crippen molar-refractivity contribution in [2.45, 2.75) is 12.5 Å². The number of carboxylic acid groups (broad SMARTS) is 1. The first-order valence-electron chi connectivity index (χ1n) is 14.1. The summed E-state index contributed by atoms with van der Waals surface area (Å²) in [6.45, 7) is 1.83. The molecule has 1 atom stereocenters. The van der Waals surface area contributed by atoms with Crippen LogP contribution in [0.1, 0.15) is 38.7 Å². The number of carbonyl (C=O) groups excluding carboxylic acids is 3. The molecule has 1 aliphatic heterocycles. The molecule has 5 rings (SSSR count). The van der Waals surface area contributed by atoms with E-state index in [0.717, 1.165) is 0 Å². The van der Waals surface area contributed by atoms with Crippen LogP contribution < -0.4 is 20.9 Å². The molecule has 1 unspecified atom stereocenters. The van der Waals surface area contributed by atoms with Gasteiger partial charge in [-0.2, -0.15) is 0 Å². The van der Waals surface area contributed by atoms with Gasteiger partial charge in [0.05, 0.1) is 29.4 Å². The van der Waals surface area contributed by atoms with Gasteiger partial charge in [-0.3, -0.25) is 24.4 Å². The highest BCUT2D eigenvalue weighted by Crippen LogP contribution is 2.30. The summed E-state index contributed by atoms with van der Waals surface area (Å²) in [5.74, 6) is -1.72. The summed E-state index contributed by atoms with van der Waals surface area (Å²) in [4.78, 5) is 62.8. The molecule has 230 valence electrons. The van der Waals surface area contributed by atoms with Crippen molar-refractivity contribution in [1.82, 2.24) is 20.2 Å². The monoisotopic (exact) mass is 627 g/mol. The maximum absolute atomic E-state index is 13.4. The molecule has 12 nitrogen and oxygen atoms in total. The molecule has 4 aromatic rings. The Morgan fingerprint density at radius 1 is 0.844 bits per heavy atom. The van der Waals surface area contributed by atoms with Crippen molar-refractivity contribution in [3.63, 3.8) is 0 Å². The van der Waals surface area contributed by atoms with Crippen molar-refractivity contribution < 1.29 is 24.3 Å². The van der Waals surface area contributed by atoms with Gasteiger partial charge in [-0.15, -0.1) is 0 Å². The van der Waals surface area contributed by atoms with Crippen LogP contribution in [0.5, 0.6) is 0 Å². The molecule has 1 saturated heterocycles. The smallest absolute Gasteiger partial charge is 0.323 e. The average molecular weight is 628 g/mol. The third-order valence-electron chi connectivity index (χ3n) is 7.18. The molecule has 0 saturated carbocycles. The first kappa shape index (κ1) is 31.0. The molecule has 4 amide bonds. The standard InChI is InChI=1S/C32H30ClN7O5/c33-24-6-1-7-25(17-24)36-32(45)38-27-16-21(30(43)37-26(18-29(41)42)22-4-2-10-34-19-22)8-9-28(27)39-12-14-40(15-13-39)31(44)23-5-3-11-35-20-23/h1-11,16-17,19-20,26H,12-15,18H2,(H,37,43)(H,41,42)(H2,36,38,45). The van der Waals surface area contributed by atoms with Gasteiger partial charge >= 0.3 is 12.0 Å². The van der Waals surface area contributed by atoms with Gasteiger partial charge in [0.1, 0.15) is 0 Å². The first-order valence-corrected chi connectivity index (χ1v) is 14.5. The number of aliphatic carboxylic acids is 1. The normalized spacial score (nSPS) is 13.4. The number of rotatable bonds is 9. The summed E-state index contributed by atoms with van der Waals surface area (Å²) in [5, 5.41) is 18.3. The van der Waals surface area contributed by atoms with E-state index in [9.17, 15) is 24.3 Å². The third kappa shape index (κ3) is 8.12. The molecular formula is C32H30ClN7O5. The van der Waals surface area contributed by atoms with Crippen LogP contribution in [-0.4, -0.2) is 70.0 Å². The Kier molecular flexibility index (Phi) is 9.85. The summed E-state index contributed by atoms with van der Waals surface area (Å²) in [6, 6.07) is 17.0. The SMILES string of the molecule is O=C(O)CC(NC(=O)c1ccc(N2CCN(C(=O)c3cccnc3)CC2)c(NC(=O)Nc2cccc(Cl)c2)c1)c1cccnc1. The molecule has 0 bridgehead atoms. The number of amides is 4. The Hall–Kier alpha value is -5.49. The Labute approximate surface area is 264 Å². The van der Waals surface area contributed by atoms with Gasteiger partial charge in [-0.1, -0.05) is 23.7 Å². The fourth-order valence-corrected chi connectivity index (χ4v) is 5.17. The number of nitrogens with one attached hydrogen (secondary N) is 3. The summed E-state index contributed by atoms with van der Waals surface area (Å²) in [7, 11) is 0. The van der Waals surface area contributed by atoms with Gasteiger partial charge in [-0.25, -0.2) is 4.79 Å². The topological polar surface area (TPSA) is 157 Å². The molecule has 3 heterocycles. The molecule has 0 spiro atoms. The molecule has 0 radical (unpaired) electrons. The highest BCUT2D eigenvalue weighted by molar-refractivity contribution is 6.30. The predicted octanol–water partition coefficient (Wildman–Crippen LogP) is 4.68. The van der Waals surface area contributed by atoms with Crippen molar-refractivity contribution >= 4 is 52.5 Å². The van der Waals surface area contributed by atoms with E-state index in [-0.39, 0.29) is 17.9 Å². The van der Waals surface area contributed by atoms with Crippen LogP contribution in [0.4, 0.5) is 21.9 Å². The van der Waals surface area contributed by atoms with E-state index in [1.54, 1.807) is 78.0 Å². The summed E-state index contributed by atoms with van der Waals surface area (Å²) < 4.78 is 0. The molecule has 13 heteroatoms. The average Bonchev–Trinajstić information content (AvgIpc) is 3.05. The number of carboxylic acids is 1. The van der Waals surface area contributed by atoms with E-state index in [1.165, 1.54) is 18.5 Å². The lowest BCUT2D eigenvalue weighted by Gasteiger charge is -2.37. The first-order chi connectivity index (χ1) is 21.8. The molecule has 0 aliphatic carbocycles. The largest absolute Gasteiger partial charge is 0.481 e. The third-order valence-corrected chi connectivity index (χ3v) is 7.41. The van der Waals surface area contributed by atoms with E-state index in [2.05, 4.69) is 25.9 Å². The second kappa shape index (κ2) is 14.3. The van der Waals surface area contributed by atoms with Crippen LogP contribution in [0.15, 0.2) is 91.5 Å². The van der Waals surface area contributed by atoms with Crippen molar-refractivity contribution in [1.29, 1.82) is 0 Å². The minimum absolute atomic E-state index is 0.112. The number of benzene rings is 2. The summed E-state index contributed by atoms with van der Waals surface area (Å²) in [6.07, 6.45) is 5.87. The number of aromatic nitrogens is 2. The predicted molar refractivity (Wildman–Crippen MR) is 170 cm³/mol. The van der Waals surface area contributed by atoms with E-state index in [0.29, 0.717) is 59.4 Å². The number of hydrogen-bond donors (Lipinski definition) is 4. The highest BCUT2D eigenvalue weighted by Gasteiger charge is 2.26. The number of carbonyl (C=O) groups is 4. The molecule has 1 fully saturated rings. The summed E-state index contributed by atoms with van der Waals surface area (Å²) in [5.41, 5.74) is 2.74. The number of anilines is 3. The number of hydrogen-bond acceptors (Lipinski definition) is 7. The Morgan fingerprint density at radius 2 is 1.60 bits per heavy atom.